The average molecular weight is 303 g/mol. The second kappa shape index (κ2) is 6.41. The van der Waals surface area contributed by atoms with E-state index in [1.807, 2.05) is 0 Å². The zero-order chi connectivity index (χ0) is 14.8. The highest BCUT2D eigenvalue weighted by molar-refractivity contribution is 7.86. The van der Waals surface area contributed by atoms with Gasteiger partial charge in [0.25, 0.3) is 10.2 Å². The van der Waals surface area contributed by atoms with Crippen molar-refractivity contribution in [2.24, 2.45) is 11.8 Å². The van der Waals surface area contributed by atoms with Gasteiger partial charge in [0, 0.05) is 40.2 Å². The summed E-state index contributed by atoms with van der Waals surface area (Å²) in [5.41, 5.74) is 0. The molecule has 0 radical (unpaired) electrons. The molecular formula is C13H25N3O3S. The molecule has 0 aromatic heterocycles. The molecule has 0 spiro atoms. The van der Waals surface area contributed by atoms with Crippen LogP contribution in [0.4, 0.5) is 0 Å². The number of nitrogens with one attached hydrogen (secondary N) is 1. The smallest absolute Gasteiger partial charge is 0.281 e. The lowest BCUT2D eigenvalue weighted by molar-refractivity contribution is -0.121. The highest BCUT2D eigenvalue weighted by Crippen LogP contribution is 2.32. The number of carbonyl (C=O) groups excluding carboxylic acids is 1. The molecule has 116 valence electrons. The molecule has 7 heteroatoms. The molecule has 2 fully saturated rings. The van der Waals surface area contributed by atoms with Crippen molar-refractivity contribution < 1.29 is 13.2 Å². The van der Waals surface area contributed by atoms with E-state index in [1.54, 1.807) is 14.1 Å². The van der Waals surface area contributed by atoms with E-state index in [9.17, 15) is 13.2 Å². The Bertz CT molecular complexity index is 438. The van der Waals surface area contributed by atoms with Crippen LogP contribution < -0.4 is 5.32 Å². The van der Waals surface area contributed by atoms with Gasteiger partial charge in [0.15, 0.2) is 0 Å². The predicted molar refractivity (Wildman–Crippen MR) is 77.3 cm³/mol. The molecular weight excluding hydrogens is 278 g/mol. The van der Waals surface area contributed by atoms with Crippen molar-refractivity contribution in [1.29, 1.82) is 0 Å². The summed E-state index contributed by atoms with van der Waals surface area (Å²) in [6.07, 6.45) is 4.67. The van der Waals surface area contributed by atoms with E-state index in [4.69, 9.17) is 0 Å². The van der Waals surface area contributed by atoms with Gasteiger partial charge in [0.05, 0.1) is 0 Å². The van der Waals surface area contributed by atoms with E-state index in [1.165, 1.54) is 21.5 Å². The van der Waals surface area contributed by atoms with E-state index in [2.05, 4.69) is 5.32 Å². The molecule has 1 heterocycles. The van der Waals surface area contributed by atoms with Crippen LogP contribution in [0.2, 0.25) is 0 Å². The van der Waals surface area contributed by atoms with Crippen LogP contribution in [-0.4, -0.2) is 56.7 Å². The van der Waals surface area contributed by atoms with Crippen molar-refractivity contribution in [3.05, 3.63) is 0 Å². The molecule has 20 heavy (non-hydrogen) atoms. The minimum atomic E-state index is -3.28. The molecule has 1 N–H and O–H groups in total. The number of hydrogen-bond donors (Lipinski definition) is 1. The van der Waals surface area contributed by atoms with Gasteiger partial charge in [0.2, 0.25) is 5.91 Å². The predicted octanol–water partition coefficient (Wildman–Crippen LogP) is 0.421. The van der Waals surface area contributed by atoms with Gasteiger partial charge in [-0.1, -0.05) is 0 Å². The second-order valence-corrected chi connectivity index (χ2v) is 8.23. The average Bonchev–Trinajstić information content (AvgIpc) is 3.20. The Morgan fingerprint density at radius 2 is 1.75 bits per heavy atom. The van der Waals surface area contributed by atoms with E-state index >= 15 is 0 Å². The number of carbonyl (C=O) groups is 1. The van der Waals surface area contributed by atoms with Gasteiger partial charge in [0.1, 0.15) is 0 Å². The number of amides is 1. The summed E-state index contributed by atoms with van der Waals surface area (Å²) in [6.45, 7) is 1.77. The molecule has 6 nitrogen and oxygen atoms in total. The summed E-state index contributed by atoms with van der Waals surface area (Å²) in [6, 6.07) is 0. The van der Waals surface area contributed by atoms with Crippen LogP contribution in [0.1, 0.15) is 32.1 Å². The van der Waals surface area contributed by atoms with Gasteiger partial charge in [-0.15, -0.1) is 0 Å². The van der Waals surface area contributed by atoms with Gasteiger partial charge in [-0.05, 0) is 37.5 Å². The number of nitrogens with zero attached hydrogens (tertiary/aromatic N) is 2. The second-order valence-electron chi connectivity index (χ2n) is 6.08. The van der Waals surface area contributed by atoms with Crippen LogP contribution in [0.3, 0.4) is 0 Å². The lowest BCUT2D eigenvalue weighted by Gasteiger charge is -2.32. The first-order valence-corrected chi connectivity index (χ1v) is 8.73. The van der Waals surface area contributed by atoms with Crippen LogP contribution in [-0.2, 0) is 15.0 Å². The number of piperidine rings is 1. The quantitative estimate of drug-likeness (QED) is 0.773. The van der Waals surface area contributed by atoms with Crippen molar-refractivity contribution in [2.75, 3.05) is 33.7 Å². The zero-order valence-corrected chi connectivity index (χ0v) is 13.2. The minimum Gasteiger partial charge on any atom is -0.356 e. The van der Waals surface area contributed by atoms with Gasteiger partial charge in [-0.2, -0.15) is 17.0 Å². The topological polar surface area (TPSA) is 69.7 Å². The van der Waals surface area contributed by atoms with E-state index in [0.717, 1.165) is 12.8 Å². The molecule has 1 aliphatic heterocycles. The molecule has 0 unspecified atom stereocenters. The van der Waals surface area contributed by atoms with Gasteiger partial charge >= 0.3 is 0 Å². The highest BCUT2D eigenvalue weighted by atomic mass is 32.2. The minimum absolute atomic E-state index is 0.149. The Hall–Kier alpha value is -0.660. The Morgan fingerprint density at radius 3 is 2.25 bits per heavy atom. The van der Waals surface area contributed by atoms with Crippen LogP contribution >= 0.6 is 0 Å². The fourth-order valence-electron chi connectivity index (χ4n) is 2.49. The van der Waals surface area contributed by atoms with Crippen LogP contribution in [0.15, 0.2) is 0 Å². The Morgan fingerprint density at radius 1 is 1.15 bits per heavy atom. The lowest BCUT2D eigenvalue weighted by atomic mass is 9.98. The molecule has 2 rings (SSSR count). The van der Waals surface area contributed by atoms with Crippen molar-refractivity contribution in [1.82, 2.24) is 13.9 Å². The standard InChI is InChI=1S/C13H25N3O3S/c1-15(2)20(18,19)16-7-5-12(6-8-16)10-14-13(17)9-11-3-4-11/h11-12H,3-10H2,1-2H3,(H,14,17). The van der Waals surface area contributed by atoms with Gasteiger partial charge < -0.3 is 5.32 Å². The fourth-order valence-corrected chi connectivity index (χ4v) is 3.62. The lowest BCUT2D eigenvalue weighted by Crippen LogP contribution is -2.45. The Labute approximate surface area is 121 Å². The third kappa shape index (κ3) is 4.17. The van der Waals surface area contributed by atoms with Gasteiger partial charge in [-0.3, -0.25) is 4.79 Å². The summed E-state index contributed by atoms with van der Waals surface area (Å²) in [5.74, 6) is 1.16. The van der Waals surface area contributed by atoms with E-state index < -0.39 is 10.2 Å². The highest BCUT2D eigenvalue weighted by Gasteiger charge is 2.30. The molecule has 1 amide bonds. The normalized spacial score (nSPS) is 22.1. The summed E-state index contributed by atoms with van der Waals surface area (Å²) < 4.78 is 26.7. The van der Waals surface area contributed by atoms with Crippen molar-refractivity contribution in [2.45, 2.75) is 32.1 Å². The monoisotopic (exact) mass is 303 g/mol. The zero-order valence-electron chi connectivity index (χ0n) is 12.3. The molecule has 1 saturated carbocycles. The van der Waals surface area contributed by atoms with Gasteiger partial charge in [-0.25, -0.2) is 0 Å². The number of rotatable bonds is 6. The fraction of sp³-hybridized carbons (Fsp3) is 0.923. The molecule has 0 atom stereocenters. The third-order valence-corrected chi connectivity index (χ3v) is 6.06. The maximum Gasteiger partial charge on any atom is 0.281 e. The van der Waals surface area contributed by atoms with Crippen LogP contribution in [0.25, 0.3) is 0 Å². The van der Waals surface area contributed by atoms with Crippen LogP contribution in [0, 0.1) is 11.8 Å². The van der Waals surface area contributed by atoms with Crippen molar-refractivity contribution in [3.63, 3.8) is 0 Å². The third-order valence-electron chi connectivity index (χ3n) is 4.12. The summed E-state index contributed by atoms with van der Waals surface area (Å²) >= 11 is 0. The van der Waals surface area contributed by atoms with Crippen LogP contribution in [0.5, 0.6) is 0 Å². The Kier molecular flexibility index (Phi) is 5.04. The first-order chi connectivity index (χ1) is 9.39. The van der Waals surface area contributed by atoms with E-state index in [-0.39, 0.29) is 5.91 Å². The summed E-state index contributed by atoms with van der Waals surface area (Å²) in [4.78, 5) is 11.6. The largest absolute Gasteiger partial charge is 0.356 e. The number of hydrogen-bond acceptors (Lipinski definition) is 3. The molecule has 0 aromatic carbocycles. The van der Waals surface area contributed by atoms with E-state index in [0.29, 0.717) is 37.9 Å². The summed E-state index contributed by atoms with van der Waals surface area (Å²) in [5, 5.41) is 2.98. The van der Waals surface area contributed by atoms with Crippen molar-refractivity contribution >= 4 is 16.1 Å². The SMILES string of the molecule is CN(C)S(=O)(=O)N1CCC(CNC(=O)CC2CC2)CC1. The maximum atomic E-state index is 12.0. The Balaban J connectivity index is 1.70. The maximum absolute atomic E-state index is 12.0. The molecule has 1 aliphatic carbocycles. The first-order valence-electron chi connectivity index (χ1n) is 7.34. The summed E-state index contributed by atoms with van der Waals surface area (Å²) in [7, 11) is -0.173. The van der Waals surface area contributed by atoms with Crippen molar-refractivity contribution in [3.8, 4) is 0 Å². The molecule has 0 aromatic rings. The molecule has 2 aliphatic rings. The molecule has 0 bridgehead atoms. The molecule has 1 saturated heterocycles. The first kappa shape index (κ1) is 15.7.